The molecule has 0 aliphatic carbocycles. The zero-order chi connectivity index (χ0) is 26.0. The third-order valence-electron chi connectivity index (χ3n) is 8.70. The lowest BCUT2D eigenvalue weighted by Gasteiger charge is -2.41. The highest BCUT2D eigenvalue weighted by molar-refractivity contribution is 5.48. The summed E-state index contributed by atoms with van der Waals surface area (Å²) in [6.45, 7) is 2.86. The van der Waals surface area contributed by atoms with E-state index in [-0.39, 0.29) is 18.5 Å². The maximum Gasteiger partial charge on any atom is 0.233 e. The van der Waals surface area contributed by atoms with Crippen LogP contribution in [0.5, 0.6) is 0 Å². The van der Waals surface area contributed by atoms with Gasteiger partial charge in [-0.3, -0.25) is 0 Å². The average molecular weight is 526 g/mol. The van der Waals surface area contributed by atoms with Crippen LogP contribution in [-0.4, -0.2) is 48.3 Å². The van der Waals surface area contributed by atoms with Crippen LogP contribution in [0.15, 0.2) is 73.6 Å². The summed E-state index contributed by atoms with van der Waals surface area (Å²) in [5.74, 6) is 2.42. The van der Waals surface area contributed by atoms with Gasteiger partial charge in [-0.05, 0) is 94.2 Å². The van der Waals surface area contributed by atoms with E-state index in [0.717, 1.165) is 76.0 Å². The zero-order valence-corrected chi connectivity index (χ0v) is 22.7. The van der Waals surface area contributed by atoms with Crippen LogP contribution in [0.3, 0.4) is 0 Å². The Morgan fingerprint density at radius 1 is 0.410 bits per heavy atom. The highest BCUT2D eigenvalue weighted by Gasteiger charge is 2.33. The fraction of sp³-hybridized carbons (Fsp3) is 0.500. The first-order valence-electron chi connectivity index (χ1n) is 14.8. The smallest absolute Gasteiger partial charge is 0.233 e. The molecule has 9 heteroatoms. The second-order valence-corrected chi connectivity index (χ2v) is 11.1. The average Bonchev–Trinajstić information content (AvgIpc) is 3.81. The molecule has 3 fully saturated rings. The van der Waals surface area contributed by atoms with Crippen LogP contribution < -0.4 is 14.7 Å². The van der Waals surface area contributed by atoms with Gasteiger partial charge in [-0.15, -0.1) is 0 Å². The van der Waals surface area contributed by atoms with E-state index >= 15 is 0 Å². The van der Waals surface area contributed by atoms with Crippen LogP contribution >= 0.6 is 0 Å². The first-order chi connectivity index (χ1) is 19.3. The predicted molar refractivity (Wildman–Crippen MR) is 154 cm³/mol. The molecule has 0 saturated carbocycles. The summed E-state index contributed by atoms with van der Waals surface area (Å²) in [5.41, 5.74) is 0. The Labute approximate surface area is 230 Å². The Balaban J connectivity index is 1.33. The maximum absolute atomic E-state index is 5.25. The minimum Gasteiger partial charge on any atom is -0.334 e. The van der Waals surface area contributed by atoms with Crippen molar-refractivity contribution in [1.82, 2.24) is 28.7 Å². The molecule has 9 nitrogen and oxygen atoms in total. The lowest BCUT2D eigenvalue weighted by atomic mass is 10.1. The third-order valence-corrected chi connectivity index (χ3v) is 8.70. The molecule has 0 aromatic carbocycles. The van der Waals surface area contributed by atoms with Crippen molar-refractivity contribution in [3.63, 3.8) is 0 Å². The van der Waals surface area contributed by atoms with Crippen LogP contribution in [-0.2, 0) is 0 Å². The Kier molecular flexibility index (Phi) is 6.72. The summed E-state index contributed by atoms with van der Waals surface area (Å²) >= 11 is 0. The van der Waals surface area contributed by atoms with Gasteiger partial charge in [0.05, 0.1) is 0 Å². The van der Waals surface area contributed by atoms with Crippen molar-refractivity contribution in [3.05, 3.63) is 73.6 Å². The molecule has 3 atom stereocenters. The van der Waals surface area contributed by atoms with E-state index in [0.29, 0.717) is 0 Å². The highest BCUT2D eigenvalue weighted by Crippen LogP contribution is 2.36. The van der Waals surface area contributed by atoms with Crippen molar-refractivity contribution >= 4 is 17.8 Å². The summed E-state index contributed by atoms with van der Waals surface area (Å²) in [7, 11) is 0. The number of aromatic nitrogens is 6. The Bertz CT molecular complexity index is 1140. The van der Waals surface area contributed by atoms with Crippen molar-refractivity contribution in [1.29, 1.82) is 0 Å². The normalized spacial score (nSPS) is 24.3. The fourth-order valence-electron chi connectivity index (χ4n) is 6.74. The zero-order valence-electron chi connectivity index (χ0n) is 22.7. The van der Waals surface area contributed by atoms with Crippen molar-refractivity contribution in [2.45, 2.75) is 76.3 Å². The molecule has 39 heavy (non-hydrogen) atoms. The number of hydrogen-bond acceptors (Lipinski definition) is 6. The number of rotatable bonds is 6. The Morgan fingerprint density at radius 2 is 0.692 bits per heavy atom. The van der Waals surface area contributed by atoms with E-state index in [2.05, 4.69) is 102 Å². The van der Waals surface area contributed by atoms with Gasteiger partial charge in [-0.25, -0.2) is 0 Å². The molecule has 204 valence electrons. The molecular formula is C30H39N9. The quantitative estimate of drug-likeness (QED) is 0.315. The molecule has 4 aromatic heterocycles. The summed E-state index contributed by atoms with van der Waals surface area (Å²) < 4.78 is 6.94. The monoisotopic (exact) mass is 525 g/mol. The molecular weight excluding hydrogens is 486 g/mol. The van der Waals surface area contributed by atoms with Crippen LogP contribution in [0.25, 0.3) is 0 Å². The molecule has 4 aromatic rings. The molecule has 3 saturated heterocycles. The second kappa shape index (κ2) is 10.8. The molecule has 3 unspecified atom stereocenters. The van der Waals surface area contributed by atoms with Crippen LogP contribution in [0, 0.1) is 0 Å². The molecule has 3 aliphatic heterocycles. The summed E-state index contributed by atoms with van der Waals surface area (Å²) in [5, 5.41) is 0. The summed E-state index contributed by atoms with van der Waals surface area (Å²) in [4.78, 5) is 23.0. The lowest BCUT2D eigenvalue weighted by Crippen LogP contribution is -2.42. The fourth-order valence-corrected chi connectivity index (χ4v) is 6.74. The molecule has 3 aliphatic rings. The number of nitrogens with zero attached hydrogens (tertiary/aromatic N) is 9. The molecule has 7 heterocycles. The van der Waals surface area contributed by atoms with Gasteiger partial charge in [0.15, 0.2) is 0 Å². The second-order valence-electron chi connectivity index (χ2n) is 11.1. The van der Waals surface area contributed by atoms with E-state index in [1.165, 1.54) is 19.3 Å². The standard InChI is InChI=1S/C30H39N9/c1-4-22-37(25(13-1)34-16-7-8-17-34)28-31-29(38-23-5-2-14-26(38)35-18-9-10-19-35)33-30(32-28)39-24-6-3-15-27(39)36-20-11-12-21-36/h7-12,16-21,25-27H,1-6,13-15,22-24H2. The van der Waals surface area contributed by atoms with Crippen molar-refractivity contribution in [3.8, 4) is 0 Å². The molecule has 0 N–H and O–H groups in total. The minimum atomic E-state index is 0.222. The molecule has 0 amide bonds. The lowest BCUT2D eigenvalue weighted by molar-refractivity contribution is 0.357. The van der Waals surface area contributed by atoms with Crippen molar-refractivity contribution in [2.75, 3.05) is 34.3 Å². The number of piperidine rings is 3. The summed E-state index contributed by atoms with van der Waals surface area (Å²) in [6, 6.07) is 12.7. The minimum absolute atomic E-state index is 0.222. The predicted octanol–water partition coefficient (Wildman–Crippen LogP) is 5.84. The van der Waals surface area contributed by atoms with Gasteiger partial charge in [0.2, 0.25) is 17.8 Å². The third kappa shape index (κ3) is 4.79. The molecule has 0 spiro atoms. The molecule has 7 rings (SSSR count). The van der Waals surface area contributed by atoms with E-state index in [9.17, 15) is 0 Å². The molecule has 0 radical (unpaired) electrons. The van der Waals surface area contributed by atoms with E-state index < -0.39 is 0 Å². The van der Waals surface area contributed by atoms with E-state index in [4.69, 9.17) is 15.0 Å². The Hall–Kier alpha value is -3.75. The maximum atomic E-state index is 5.25. The van der Waals surface area contributed by atoms with Crippen molar-refractivity contribution < 1.29 is 0 Å². The first-order valence-corrected chi connectivity index (χ1v) is 14.8. The van der Waals surface area contributed by atoms with Crippen LogP contribution in [0.2, 0.25) is 0 Å². The number of anilines is 3. The van der Waals surface area contributed by atoms with Gasteiger partial charge in [0, 0.05) is 56.8 Å². The van der Waals surface area contributed by atoms with Gasteiger partial charge < -0.3 is 28.4 Å². The van der Waals surface area contributed by atoms with Gasteiger partial charge in [0.25, 0.3) is 0 Å². The summed E-state index contributed by atoms with van der Waals surface area (Å²) in [6.07, 6.45) is 24.1. The van der Waals surface area contributed by atoms with Crippen molar-refractivity contribution in [2.24, 2.45) is 0 Å². The van der Waals surface area contributed by atoms with Gasteiger partial charge in [-0.1, -0.05) is 0 Å². The van der Waals surface area contributed by atoms with Crippen LogP contribution in [0.1, 0.15) is 76.3 Å². The SMILES string of the molecule is c1ccn(C2CCCCN2c2nc(N3CCCCC3n3cccc3)nc(N3CCCCC3n3cccc3)n2)c1. The van der Waals surface area contributed by atoms with E-state index in [1.54, 1.807) is 0 Å². The highest BCUT2D eigenvalue weighted by atomic mass is 15.5. The molecule has 0 bridgehead atoms. The Morgan fingerprint density at radius 3 is 0.974 bits per heavy atom. The van der Waals surface area contributed by atoms with Crippen LogP contribution in [0.4, 0.5) is 17.8 Å². The largest absolute Gasteiger partial charge is 0.334 e. The first kappa shape index (κ1) is 24.3. The number of hydrogen-bond donors (Lipinski definition) is 0. The van der Waals surface area contributed by atoms with Gasteiger partial charge >= 0.3 is 0 Å². The van der Waals surface area contributed by atoms with Gasteiger partial charge in [0.1, 0.15) is 18.5 Å². The van der Waals surface area contributed by atoms with Gasteiger partial charge in [-0.2, -0.15) is 15.0 Å². The topological polar surface area (TPSA) is 63.2 Å². The van der Waals surface area contributed by atoms with E-state index in [1.807, 2.05) is 0 Å².